The molecule has 0 saturated heterocycles. The minimum absolute atomic E-state index is 0.00970. The average Bonchev–Trinajstić information content (AvgIpc) is 2.51. The second kappa shape index (κ2) is 4.53. The average molecular weight is 322 g/mol. The summed E-state index contributed by atoms with van der Waals surface area (Å²) in [5.41, 5.74) is -0.514. The largest absolute Gasteiger partial charge is 0.393 e. The Hall–Kier alpha value is -0.120. The molecular formula is C20H34O3. The molecule has 1 spiro atoms. The van der Waals surface area contributed by atoms with Crippen molar-refractivity contribution in [2.24, 2.45) is 34.0 Å². The lowest BCUT2D eigenvalue weighted by Crippen LogP contribution is -2.63. The van der Waals surface area contributed by atoms with Crippen molar-refractivity contribution < 1.29 is 15.3 Å². The van der Waals surface area contributed by atoms with Crippen molar-refractivity contribution in [2.75, 3.05) is 0 Å². The lowest BCUT2D eigenvalue weighted by molar-refractivity contribution is -0.216. The van der Waals surface area contributed by atoms with Crippen LogP contribution in [0.4, 0.5) is 0 Å². The first-order chi connectivity index (χ1) is 10.5. The van der Waals surface area contributed by atoms with Crippen LogP contribution in [0, 0.1) is 34.0 Å². The van der Waals surface area contributed by atoms with Crippen LogP contribution in [0.3, 0.4) is 0 Å². The Labute approximate surface area is 140 Å². The zero-order valence-corrected chi connectivity index (χ0v) is 15.2. The molecule has 4 fully saturated rings. The van der Waals surface area contributed by atoms with Gasteiger partial charge >= 0.3 is 0 Å². The number of fused-ring (bicyclic) bond motifs is 3. The standard InChI is InChI=1S/C20H34O3/c1-17(2)8-13(21)9-18(3)15-6-5-12-7-20(15,11-19(12,4)23)10-14(22)16(17)18/h12-16,21-23H,5-11H2,1-4H3/t12-,13?,14?,15-,16+,18-,19+,20+/m1/s1. The maximum absolute atomic E-state index is 11.2. The highest BCUT2D eigenvalue weighted by Crippen LogP contribution is 2.72. The number of hydrogen-bond donors (Lipinski definition) is 3. The van der Waals surface area contributed by atoms with Crippen LogP contribution in [-0.4, -0.2) is 33.1 Å². The summed E-state index contributed by atoms with van der Waals surface area (Å²) in [7, 11) is 0. The predicted molar refractivity (Wildman–Crippen MR) is 89.7 cm³/mol. The molecule has 3 nitrogen and oxygen atoms in total. The van der Waals surface area contributed by atoms with E-state index in [1.807, 2.05) is 6.92 Å². The summed E-state index contributed by atoms with van der Waals surface area (Å²) >= 11 is 0. The quantitative estimate of drug-likeness (QED) is 0.642. The second-order valence-corrected chi connectivity index (χ2v) is 10.7. The molecular weight excluding hydrogens is 288 g/mol. The molecule has 2 bridgehead atoms. The zero-order chi connectivity index (χ0) is 16.8. The Kier molecular flexibility index (Phi) is 3.22. The van der Waals surface area contributed by atoms with Gasteiger partial charge in [0.1, 0.15) is 0 Å². The van der Waals surface area contributed by atoms with Crippen LogP contribution in [0.2, 0.25) is 0 Å². The number of aliphatic hydroxyl groups is 3. The summed E-state index contributed by atoms with van der Waals surface area (Å²) in [6, 6.07) is 0. The fourth-order valence-electron chi connectivity index (χ4n) is 8.51. The van der Waals surface area contributed by atoms with Crippen LogP contribution < -0.4 is 0 Å². The van der Waals surface area contributed by atoms with Crippen molar-refractivity contribution in [2.45, 2.75) is 90.4 Å². The summed E-state index contributed by atoms with van der Waals surface area (Å²) < 4.78 is 0. The highest BCUT2D eigenvalue weighted by atomic mass is 16.3. The first-order valence-electron chi connectivity index (χ1n) is 9.59. The molecule has 0 radical (unpaired) electrons. The SMILES string of the molecule is CC1(C)CC(O)C[C@@]2(C)[C@H]1C(O)C[C@]13C[C@@H](CC[C@@H]12)[C@@](C)(O)C3. The smallest absolute Gasteiger partial charge is 0.0653 e. The molecule has 0 amide bonds. The van der Waals surface area contributed by atoms with E-state index in [-0.39, 0.29) is 34.4 Å². The Morgan fingerprint density at radius 3 is 2.26 bits per heavy atom. The third-order valence-corrected chi connectivity index (χ3v) is 8.57. The highest BCUT2D eigenvalue weighted by molar-refractivity contribution is 5.18. The van der Waals surface area contributed by atoms with Gasteiger partial charge in [-0.1, -0.05) is 20.8 Å². The van der Waals surface area contributed by atoms with E-state index in [4.69, 9.17) is 0 Å². The van der Waals surface area contributed by atoms with Crippen molar-refractivity contribution in [1.29, 1.82) is 0 Å². The van der Waals surface area contributed by atoms with E-state index in [1.54, 1.807) is 0 Å². The van der Waals surface area contributed by atoms with Gasteiger partial charge in [-0.15, -0.1) is 0 Å². The second-order valence-electron chi connectivity index (χ2n) is 10.7. The summed E-state index contributed by atoms with van der Waals surface area (Å²) in [4.78, 5) is 0. The highest BCUT2D eigenvalue weighted by Gasteiger charge is 2.69. The molecule has 4 aliphatic carbocycles. The van der Waals surface area contributed by atoms with Crippen LogP contribution in [0.25, 0.3) is 0 Å². The lowest BCUT2D eigenvalue weighted by atomic mass is 9.40. The van der Waals surface area contributed by atoms with Crippen molar-refractivity contribution in [3.63, 3.8) is 0 Å². The zero-order valence-electron chi connectivity index (χ0n) is 15.2. The van der Waals surface area contributed by atoms with Gasteiger partial charge in [0, 0.05) is 0 Å². The first-order valence-corrected chi connectivity index (χ1v) is 9.59. The number of aliphatic hydroxyl groups excluding tert-OH is 2. The minimum atomic E-state index is -0.569. The number of rotatable bonds is 0. The van der Waals surface area contributed by atoms with Crippen LogP contribution >= 0.6 is 0 Å². The molecule has 4 aliphatic rings. The van der Waals surface area contributed by atoms with E-state index in [0.29, 0.717) is 11.8 Å². The first kappa shape index (κ1) is 16.4. The van der Waals surface area contributed by atoms with Crippen molar-refractivity contribution in [1.82, 2.24) is 0 Å². The van der Waals surface area contributed by atoms with Crippen molar-refractivity contribution >= 4 is 0 Å². The molecule has 4 rings (SSSR count). The fourth-order valence-corrected chi connectivity index (χ4v) is 8.51. The molecule has 0 heterocycles. The molecule has 4 saturated carbocycles. The van der Waals surface area contributed by atoms with Crippen LogP contribution in [0.15, 0.2) is 0 Å². The Morgan fingerprint density at radius 2 is 1.57 bits per heavy atom. The number of hydrogen-bond acceptors (Lipinski definition) is 3. The van der Waals surface area contributed by atoms with Crippen LogP contribution in [-0.2, 0) is 0 Å². The van der Waals surface area contributed by atoms with E-state index in [0.717, 1.165) is 44.9 Å². The predicted octanol–water partition coefficient (Wildman–Crippen LogP) is 3.11. The van der Waals surface area contributed by atoms with E-state index < -0.39 is 5.60 Å². The fraction of sp³-hybridized carbons (Fsp3) is 1.00. The van der Waals surface area contributed by atoms with Crippen LogP contribution in [0.5, 0.6) is 0 Å². The van der Waals surface area contributed by atoms with Crippen LogP contribution in [0.1, 0.15) is 72.6 Å². The molecule has 2 unspecified atom stereocenters. The molecule has 23 heavy (non-hydrogen) atoms. The van der Waals surface area contributed by atoms with E-state index in [2.05, 4.69) is 20.8 Å². The summed E-state index contributed by atoms with van der Waals surface area (Å²) in [5, 5.41) is 32.6. The van der Waals surface area contributed by atoms with Crippen molar-refractivity contribution in [3.05, 3.63) is 0 Å². The molecule has 0 aliphatic heterocycles. The minimum Gasteiger partial charge on any atom is -0.393 e. The Balaban J connectivity index is 1.79. The van der Waals surface area contributed by atoms with Gasteiger partial charge in [-0.2, -0.15) is 0 Å². The monoisotopic (exact) mass is 322 g/mol. The van der Waals surface area contributed by atoms with Gasteiger partial charge in [0.25, 0.3) is 0 Å². The normalized spacial score (nSPS) is 60.9. The summed E-state index contributed by atoms with van der Waals surface area (Å²) in [6.45, 7) is 8.81. The summed E-state index contributed by atoms with van der Waals surface area (Å²) in [5.74, 6) is 1.19. The van der Waals surface area contributed by atoms with Gasteiger partial charge in [0.2, 0.25) is 0 Å². The lowest BCUT2D eigenvalue weighted by Gasteiger charge is -2.66. The van der Waals surface area contributed by atoms with Gasteiger partial charge in [0.15, 0.2) is 0 Å². The van der Waals surface area contributed by atoms with Gasteiger partial charge in [-0.3, -0.25) is 0 Å². The van der Waals surface area contributed by atoms with E-state index in [9.17, 15) is 15.3 Å². The van der Waals surface area contributed by atoms with Gasteiger partial charge < -0.3 is 15.3 Å². The van der Waals surface area contributed by atoms with Gasteiger partial charge in [-0.25, -0.2) is 0 Å². The molecule has 0 aromatic rings. The molecule has 3 N–H and O–H groups in total. The van der Waals surface area contributed by atoms with Crippen molar-refractivity contribution in [3.8, 4) is 0 Å². The van der Waals surface area contributed by atoms with Gasteiger partial charge in [-0.05, 0) is 85.9 Å². The molecule has 8 atom stereocenters. The van der Waals surface area contributed by atoms with E-state index in [1.165, 1.54) is 0 Å². The molecule has 0 aromatic heterocycles. The molecule has 3 heteroatoms. The third kappa shape index (κ3) is 2.05. The van der Waals surface area contributed by atoms with Gasteiger partial charge in [0.05, 0.1) is 17.8 Å². The Morgan fingerprint density at radius 1 is 0.870 bits per heavy atom. The molecule has 0 aromatic carbocycles. The third-order valence-electron chi connectivity index (χ3n) is 8.57. The maximum atomic E-state index is 11.2. The topological polar surface area (TPSA) is 60.7 Å². The molecule has 132 valence electrons. The maximum Gasteiger partial charge on any atom is 0.0653 e. The summed E-state index contributed by atoms with van der Waals surface area (Å²) in [6.07, 6.45) is 6.08. The Bertz CT molecular complexity index is 513. The van der Waals surface area contributed by atoms with E-state index >= 15 is 0 Å².